The molecule has 12 heteroatoms. The van der Waals surface area contributed by atoms with E-state index in [1.165, 1.54) is 13.3 Å². The first-order valence-corrected chi connectivity index (χ1v) is 10.6. The Bertz CT molecular complexity index is 1140. The van der Waals surface area contributed by atoms with Crippen LogP contribution in [0.15, 0.2) is 29.0 Å². The van der Waals surface area contributed by atoms with Crippen LogP contribution in [0.3, 0.4) is 0 Å². The molecule has 2 aromatic heterocycles. The van der Waals surface area contributed by atoms with Crippen LogP contribution in [-0.2, 0) is 10.9 Å². The number of carbonyl (C=O) groups excluding carboxylic acids is 1. The van der Waals surface area contributed by atoms with Crippen LogP contribution in [0, 0.1) is 0 Å². The number of nitrogens with zero attached hydrogens (tertiary/aromatic N) is 2. The predicted octanol–water partition coefficient (Wildman–Crippen LogP) is 4.75. The highest BCUT2D eigenvalue weighted by molar-refractivity contribution is 9.10. The van der Waals surface area contributed by atoms with E-state index in [9.17, 15) is 18.0 Å². The van der Waals surface area contributed by atoms with E-state index < -0.39 is 17.8 Å². The number of H-pyrrole nitrogens is 1. The van der Waals surface area contributed by atoms with Gasteiger partial charge < -0.3 is 20.4 Å². The lowest BCUT2D eigenvalue weighted by atomic mass is 10.1. The van der Waals surface area contributed by atoms with E-state index in [1.807, 2.05) is 0 Å². The zero-order chi connectivity index (χ0) is 22.9. The lowest BCUT2D eigenvalue weighted by Gasteiger charge is -2.24. The molecule has 8 nitrogen and oxygen atoms in total. The molecule has 0 bridgehead atoms. The van der Waals surface area contributed by atoms with Gasteiger partial charge in [-0.1, -0.05) is 6.07 Å². The van der Waals surface area contributed by atoms with Crippen LogP contribution < -0.4 is 16.0 Å². The second kappa shape index (κ2) is 8.94. The molecule has 1 aromatic carbocycles. The van der Waals surface area contributed by atoms with Gasteiger partial charge in [0.15, 0.2) is 0 Å². The fourth-order valence-corrected chi connectivity index (χ4v) is 4.19. The minimum Gasteiger partial charge on any atom is -0.453 e. The number of fused-ring (bicyclic) bond motifs is 1. The van der Waals surface area contributed by atoms with Crippen LogP contribution in [0.1, 0.15) is 18.4 Å². The van der Waals surface area contributed by atoms with Crippen LogP contribution in [0.25, 0.3) is 22.2 Å². The fraction of sp³-hybridized carbons (Fsp3) is 0.350. The third kappa shape index (κ3) is 4.51. The van der Waals surface area contributed by atoms with E-state index in [-0.39, 0.29) is 23.2 Å². The molecule has 1 amide bonds. The molecule has 0 spiro atoms. The highest BCUT2D eigenvalue weighted by Crippen LogP contribution is 2.41. The average Bonchev–Trinajstić information content (AvgIpc) is 3.20. The number of alkyl halides is 3. The van der Waals surface area contributed by atoms with Crippen molar-refractivity contribution in [3.8, 4) is 11.3 Å². The molecule has 170 valence electrons. The molecule has 3 aromatic rings. The zero-order valence-corrected chi connectivity index (χ0v) is 18.5. The number of nitrogens with one attached hydrogen (secondary N) is 4. The Balaban J connectivity index is 1.77. The summed E-state index contributed by atoms with van der Waals surface area (Å²) >= 11 is 3.39. The molecule has 1 saturated heterocycles. The molecule has 4 rings (SSSR count). The smallest absolute Gasteiger partial charge is 0.419 e. The quantitative estimate of drug-likeness (QED) is 0.402. The molecule has 3 heterocycles. The summed E-state index contributed by atoms with van der Waals surface area (Å²) in [7, 11) is 1.23. The highest BCUT2D eigenvalue weighted by Gasteiger charge is 2.36. The Morgan fingerprint density at radius 1 is 1.28 bits per heavy atom. The number of methoxy groups -OCH3 is 1. The summed E-state index contributed by atoms with van der Waals surface area (Å²) in [5.41, 5.74) is 0.0320. The standard InChI is InChI=1S/C20H20BrF3N6O2/c1-32-19(31)29-14-3-2-11-12(8-26-17(11)15(14)21)16-13(20(22,23)24)9-27-18(30-16)28-10-4-6-25-7-5-10/h2-3,8-10,25-26H,4-7H2,1H3,(H,29,31)(H,27,28,30). The number of hydrogen-bond acceptors (Lipinski definition) is 6. The van der Waals surface area contributed by atoms with Gasteiger partial charge in [0.05, 0.1) is 28.5 Å². The Morgan fingerprint density at radius 2 is 2.03 bits per heavy atom. The molecule has 0 saturated carbocycles. The van der Waals surface area contributed by atoms with Crippen LogP contribution in [0.4, 0.5) is 29.6 Å². The van der Waals surface area contributed by atoms with E-state index in [4.69, 9.17) is 0 Å². The van der Waals surface area contributed by atoms with E-state index >= 15 is 0 Å². The van der Waals surface area contributed by atoms with E-state index in [1.54, 1.807) is 12.1 Å². The number of rotatable bonds is 4. The van der Waals surface area contributed by atoms with Gasteiger partial charge in [-0.05, 0) is 47.9 Å². The van der Waals surface area contributed by atoms with Crippen LogP contribution >= 0.6 is 15.9 Å². The van der Waals surface area contributed by atoms with Gasteiger partial charge in [0.2, 0.25) is 5.95 Å². The summed E-state index contributed by atoms with van der Waals surface area (Å²) in [4.78, 5) is 22.7. The number of aromatic nitrogens is 3. The van der Waals surface area contributed by atoms with Crippen molar-refractivity contribution < 1.29 is 22.7 Å². The minimum atomic E-state index is -4.63. The van der Waals surface area contributed by atoms with Gasteiger partial charge in [-0.15, -0.1) is 0 Å². The van der Waals surface area contributed by atoms with Crippen molar-refractivity contribution in [2.24, 2.45) is 0 Å². The monoisotopic (exact) mass is 512 g/mol. The molecule has 4 N–H and O–H groups in total. The summed E-state index contributed by atoms with van der Waals surface area (Å²) in [5, 5.41) is 9.43. The number of anilines is 2. The SMILES string of the molecule is COC(=O)Nc1ccc2c(-c3nc(NC4CCNCC4)ncc3C(F)(F)F)c[nH]c2c1Br. The predicted molar refractivity (Wildman–Crippen MR) is 118 cm³/mol. The summed E-state index contributed by atoms with van der Waals surface area (Å²) in [6, 6.07) is 3.27. The number of benzene rings is 1. The number of aromatic amines is 1. The third-order valence-corrected chi connectivity index (χ3v) is 6.06. The molecule has 1 aliphatic heterocycles. The molecule has 0 atom stereocenters. The molecular formula is C20H20BrF3N6O2. The van der Waals surface area contributed by atoms with Crippen molar-refractivity contribution in [3.05, 3.63) is 34.6 Å². The summed E-state index contributed by atoms with van der Waals surface area (Å²) < 4.78 is 46.4. The van der Waals surface area contributed by atoms with Crippen molar-refractivity contribution >= 4 is 44.6 Å². The Labute approximate surface area is 189 Å². The van der Waals surface area contributed by atoms with Crippen molar-refractivity contribution in [2.45, 2.75) is 25.1 Å². The van der Waals surface area contributed by atoms with Crippen molar-refractivity contribution in [2.75, 3.05) is 30.8 Å². The van der Waals surface area contributed by atoms with Gasteiger partial charge in [0.25, 0.3) is 0 Å². The maximum Gasteiger partial charge on any atom is 0.419 e. The maximum atomic E-state index is 13.8. The molecule has 32 heavy (non-hydrogen) atoms. The second-order valence-corrected chi connectivity index (χ2v) is 8.08. The zero-order valence-electron chi connectivity index (χ0n) is 16.9. The lowest BCUT2D eigenvalue weighted by Crippen LogP contribution is -2.35. The van der Waals surface area contributed by atoms with Crippen molar-refractivity contribution in [1.29, 1.82) is 0 Å². The minimum absolute atomic E-state index is 0.0879. The molecule has 0 radical (unpaired) electrons. The first-order chi connectivity index (χ1) is 15.3. The number of hydrogen-bond donors (Lipinski definition) is 4. The number of piperidine rings is 1. The Morgan fingerprint density at radius 3 is 2.72 bits per heavy atom. The number of halogens is 4. The van der Waals surface area contributed by atoms with Crippen LogP contribution in [0.2, 0.25) is 0 Å². The normalized spacial score (nSPS) is 15.0. The van der Waals surface area contributed by atoms with Gasteiger partial charge in [-0.3, -0.25) is 5.32 Å². The summed E-state index contributed by atoms with van der Waals surface area (Å²) in [5.74, 6) is 0.150. The van der Waals surface area contributed by atoms with Gasteiger partial charge >= 0.3 is 12.3 Å². The molecule has 0 unspecified atom stereocenters. The maximum absolute atomic E-state index is 13.8. The fourth-order valence-electron chi connectivity index (χ4n) is 3.63. The van der Waals surface area contributed by atoms with Crippen molar-refractivity contribution in [1.82, 2.24) is 20.3 Å². The third-order valence-electron chi connectivity index (χ3n) is 5.24. The van der Waals surface area contributed by atoms with Gasteiger partial charge in [-0.2, -0.15) is 13.2 Å². The summed E-state index contributed by atoms with van der Waals surface area (Å²) in [6.45, 7) is 1.65. The number of ether oxygens (including phenoxy) is 1. The topological polar surface area (TPSA) is 104 Å². The van der Waals surface area contributed by atoms with E-state index in [0.717, 1.165) is 32.1 Å². The Hall–Kier alpha value is -2.86. The van der Waals surface area contributed by atoms with E-state index in [2.05, 4.69) is 51.6 Å². The van der Waals surface area contributed by atoms with Crippen molar-refractivity contribution in [3.63, 3.8) is 0 Å². The van der Waals surface area contributed by atoms with Gasteiger partial charge in [0, 0.05) is 29.4 Å². The Kier molecular flexibility index (Phi) is 6.24. The molecule has 0 aliphatic carbocycles. The first kappa shape index (κ1) is 22.3. The highest BCUT2D eigenvalue weighted by atomic mass is 79.9. The average molecular weight is 513 g/mol. The number of carbonyl (C=O) groups is 1. The van der Waals surface area contributed by atoms with Crippen LogP contribution in [-0.4, -0.2) is 47.3 Å². The molecule has 1 fully saturated rings. The van der Waals surface area contributed by atoms with Gasteiger partial charge in [-0.25, -0.2) is 14.8 Å². The van der Waals surface area contributed by atoms with Gasteiger partial charge in [0.1, 0.15) is 5.56 Å². The largest absolute Gasteiger partial charge is 0.453 e. The lowest BCUT2D eigenvalue weighted by molar-refractivity contribution is -0.137. The van der Waals surface area contributed by atoms with E-state index in [0.29, 0.717) is 21.1 Å². The summed E-state index contributed by atoms with van der Waals surface area (Å²) in [6.07, 6.45) is -1.36. The molecular weight excluding hydrogens is 493 g/mol. The number of amides is 1. The second-order valence-electron chi connectivity index (χ2n) is 7.29. The first-order valence-electron chi connectivity index (χ1n) is 9.84. The van der Waals surface area contributed by atoms with Crippen LogP contribution in [0.5, 0.6) is 0 Å². The molecule has 1 aliphatic rings.